The van der Waals surface area contributed by atoms with E-state index in [-0.39, 0.29) is 35.5 Å². The second-order valence-corrected chi connectivity index (χ2v) is 7.56. The van der Waals surface area contributed by atoms with Crippen molar-refractivity contribution in [3.05, 3.63) is 12.4 Å². The van der Waals surface area contributed by atoms with E-state index in [1.165, 1.54) is 25.7 Å². The van der Waals surface area contributed by atoms with E-state index in [9.17, 15) is 14.7 Å². The number of hydrogen-bond donors (Lipinski definition) is 1. The third kappa shape index (κ3) is 3.59. The van der Waals surface area contributed by atoms with Crippen molar-refractivity contribution in [2.45, 2.75) is 50.6 Å². The van der Waals surface area contributed by atoms with Crippen LogP contribution in [0.1, 0.15) is 38.5 Å². The Bertz CT molecular complexity index is 669. The van der Waals surface area contributed by atoms with Gasteiger partial charge in [0, 0.05) is 19.8 Å². The van der Waals surface area contributed by atoms with Crippen LogP contribution in [0.3, 0.4) is 0 Å². The molecular formula is C17H23N4NaO3. The number of carbonyl (C=O) groups excluding carboxylic acids is 2. The summed E-state index contributed by atoms with van der Waals surface area (Å²) in [7, 11) is 1.77. The summed E-state index contributed by atoms with van der Waals surface area (Å²) in [6.07, 6.45) is 9.27. The van der Waals surface area contributed by atoms with Crippen molar-refractivity contribution < 1.29 is 44.3 Å². The molecule has 2 unspecified atom stereocenters. The van der Waals surface area contributed by atoms with Crippen molar-refractivity contribution in [3.63, 3.8) is 0 Å². The fourth-order valence-corrected chi connectivity index (χ4v) is 4.17. The fourth-order valence-electron chi connectivity index (χ4n) is 4.17. The maximum atomic E-state index is 12.7. The molecule has 1 aliphatic heterocycles. The fraction of sp³-hybridized carbons (Fsp3) is 0.706. The number of nitrogens with one attached hydrogen (secondary N) is 1. The summed E-state index contributed by atoms with van der Waals surface area (Å²) in [6, 6.07) is -1.24. The van der Waals surface area contributed by atoms with E-state index in [4.69, 9.17) is 0 Å². The number of amides is 1. The van der Waals surface area contributed by atoms with Crippen LogP contribution in [-0.2, 0) is 16.6 Å². The molecule has 1 saturated heterocycles. The number of anilines is 1. The molecule has 3 aliphatic rings. The van der Waals surface area contributed by atoms with E-state index in [2.05, 4.69) is 10.4 Å². The largest absolute Gasteiger partial charge is 1.00 e. The van der Waals surface area contributed by atoms with Crippen LogP contribution in [0.5, 0.6) is 0 Å². The summed E-state index contributed by atoms with van der Waals surface area (Å²) in [5.41, 5.74) is 0.994. The minimum absolute atomic E-state index is 0. The molecule has 130 valence electrons. The summed E-state index contributed by atoms with van der Waals surface area (Å²) < 4.78 is 1.61. The first-order valence-electron chi connectivity index (χ1n) is 8.76. The van der Waals surface area contributed by atoms with Gasteiger partial charge in [0.1, 0.15) is 6.04 Å². The molecule has 2 saturated carbocycles. The summed E-state index contributed by atoms with van der Waals surface area (Å²) >= 11 is 0. The normalized spacial score (nSPS) is 26.8. The Morgan fingerprint density at radius 2 is 1.96 bits per heavy atom. The Morgan fingerprint density at radius 3 is 2.48 bits per heavy atom. The van der Waals surface area contributed by atoms with Gasteiger partial charge in [0.05, 0.1) is 23.9 Å². The maximum absolute atomic E-state index is 12.7. The zero-order valence-electron chi connectivity index (χ0n) is 14.9. The first kappa shape index (κ1) is 18.7. The van der Waals surface area contributed by atoms with Crippen molar-refractivity contribution in [1.82, 2.24) is 15.1 Å². The summed E-state index contributed by atoms with van der Waals surface area (Å²) in [5.74, 6) is -0.424. The molecule has 0 radical (unpaired) electrons. The van der Waals surface area contributed by atoms with Gasteiger partial charge < -0.3 is 20.1 Å². The standard InChI is InChI=1S/C17H24N4O3.Na/c1-20-9-12(8-19-20)21-13(4-5-14(21)16(23)24)15(22)18-10-17(6-7-17)11-2-3-11;/h8-9,11,13-14H,2-7,10H2,1H3,(H,18,22)(H,23,24);/q;+1/p-1. The second-order valence-electron chi connectivity index (χ2n) is 7.56. The number of nitrogens with zero attached hydrogens (tertiary/aromatic N) is 3. The SMILES string of the molecule is Cn1cc(N2C(C(=O)[O-])CCC2C(=O)NCC2(C3CC3)CC2)cn1.[Na+]. The molecule has 0 spiro atoms. The van der Waals surface area contributed by atoms with E-state index in [0.717, 1.165) is 12.5 Å². The van der Waals surface area contributed by atoms with E-state index in [0.29, 0.717) is 23.9 Å². The molecule has 1 amide bonds. The second kappa shape index (κ2) is 6.93. The first-order valence-corrected chi connectivity index (χ1v) is 8.76. The number of carbonyl (C=O) groups is 2. The Balaban J connectivity index is 0.00000182. The van der Waals surface area contributed by atoms with Crippen LogP contribution >= 0.6 is 0 Å². The Hall–Kier alpha value is -1.05. The quantitative estimate of drug-likeness (QED) is 0.544. The molecule has 0 aromatic carbocycles. The molecule has 3 fully saturated rings. The van der Waals surface area contributed by atoms with Crippen molar-refractivity contribution in [1.29, 1.82) is 0 Å². The summed E-state index contributed by atoms with van der Waals surface area (Å²) in [5, 5.41) is 18.7. The van der Waals surface area contributed by atoms with Crippen LogP contribution in [0, 0.1) is 11.3 Å². The van der Waals surface area contributed by atoms with Crippen LogP contribution in [0.25, 0.3) is 0 Å². The first-order chi connectivity index (χ1) is 11.5. The van der Waals surface area contributed by atoms with Gasteiger partial charge in [-0.2, -0.15) is 5.10 Å². The minimum Gasteiger partial charge on any atom is -0.548 e. The third-order valence-electron chi connectivity index (χ3n) is 5.90. The van der Waals surface area contributed by atoms with Crippen LogP contribution in [-0.4, -0.2) is 40.3 Å². The molecule has 1 aromatic rings. The van der Waals surface area contributed by atoms with Gasteiger partial charge in [-0.3, -0.25) is 9.48 Å². The number of carboxylic acid groups (broad SMARTS) is 1. The average Bonchev–Trinajstić information content (AvgIpc) is 3.44. The van der Waals surface area contributed by atoms with Crippen molar-refractivity contribution in [3.8, 4) is 0 Å². The Kier molecular flexibility index (Phi) is 5.19. The number of rotatable bonds is 6. The van der Waals surface area contributed by atoms with Gasteiger partial charge in [0.15, 0.2) is 0 Å². The minimum atomic E-state index is -1.13. The molecule has 25 heavy (non-hydrogen) atoms. The molecule has 7 nitrogen and oxygen atoms in total. The monoisotopic (exact) mass is 354 g/mol. The number of aliphatic carboxylic acids is 1. The summed E-state index contributed by atoms with van der Waals surface area (Å²) in [6.45, 7) is 0.726. The van der Waals surface area contributed by atoms with E-state index in [1.807, 2.05) is 0 Å². The molecule has 2 atom stereocenters. The smallest absolute Gasteiger partial charge is 0.548 e. The number of hydrogen-bond acceptors (Lipinski definition) is 5. The number of aryl methyl sites for hydroxylation is 1. The van der Waals surface area contributed by atoms with Crippen LogP contribution in [0.4, 0.5) is 5.69 Å². The van der Waals surface area contributed by atoms with E-state index in [1.54, 1.807) is 29.0 Å². The number of carboxylic acids is 1. The molecule has 4 rings (SSSR count). The van der Waals surface area contributed by atoms with Gasteiger partial charge in [-0.05, 0) is 49.9 Å². The van der Waals surface area contributed by atoms with Crippen molar-refractivity contribution in [2.24, 2.45) is 18.4 Å². The van der Waals surface area contributed by atoms with E-state index < -0.39 is 18.1 Å². The number of aromatic nitrogens is 2. The van der Waals surface area contributed by atoms with Gasteiger partial charge in [-0.25, -0.2) is 0 Å². The molecule has 2 heterocycles. The third-order valence-corrected chi connectivity index (χ3v) is 5.90. The van der Waals surface area contributed by atoms with Crippen LogP contribution < -0.4 is 44.9 Å². The molecule has 1 aromatic heterocycles. The van der Waals surface area contributed by atoms with Gasteiger partial charge in [-0.1, -0.05) is 0 Å². The van der Waals surface area contributed by atoms with Gasteiger partial charge >= 0.3 is 29.6 Å². The Morgan fingerprint density at radius 1 is 1.28 bits per heavy atom. The zero-order chi connectivity index (χ0) is 16.9. The zero-order valence-corrected chi connectivity index (χ0v) is 16.9. The van der Waals surface area contributed by atoms with Gasteiger partial charge in [0.2, 0.25) is 5.91 Å². The predicted molar refractivity (Wildman–Crippen MR) is 84.9 cm³/mol. The van der Waals surface area contributed by atoms with Gasteiger partial charge in [0.25, 0.3) is 0 Å². The topological polar surface area (TPSA) is 90.3 Å². The van der Waals surface area contributed by atoms with Crippen LogP contribution in [0.15, 0.2) is 12.4 Å². The molecule has 8 heteroatoms. The molecule has 0 bridgehead atoms. The van der Waals surface area contributed by atoms with E-state index >= 15 is 0 Å². The molecular weight excluding hydrogens is 331 g/mol. The Labute approximate surface area is 169 Å². The van der Waals surface area contributed by atoms with Crippen LogP contribution in [0.2, 0.25) is 0 Å². The summed E-state index contributed by atoms with van der Waals surface area (Å²) in [4.78, 5) is 25.9. The average molecular weight is 354 g/mol. The van der Waals surface area contributed by atoms with Crippen molar-refractivity contribution >= 4 is 17.6 Å². The molecule has 2 aliphatic carbocycles. The predicted octanol–water partition coefficient (Wildman–Crippen LogP) is -3.18. The van der Waals surface area contributed by atoms with Gasteiger partial charge in [-0.15, -0.1) is 0 Å². The van der Waals surface area contributed by atoms with Crippen molar-refractivity contribution in [2.75, 3.05) is 11.4 Å². The molecule has 1 N–H and O–H groups in total. The maximum Gasteiger partial charge on any atom is 1.00 e.